The molecule has 5 heteroatoms. The molecule has 0 fully saturated rings. The lowest BCUT2D eigenvalue weighted by molar-refractivity contribution is 0.101. The van der Waals surface area contributed by atoms with Crippen molar-refractivity contribution >= 4 is 34.1 Å². The Hall–Kier alpha value is -2.33. The van der Waals surface area contributed by atoms with Crippen LogP contribution in [0.25, 0.3) is 10.9 Å². The maximum absolute atomic E-state index is 13.0. The number of carbonyl (C=O) groups excluding carboxylic acids is 1. The summed E-state index contributed by atoms with van der Waals surface area (Å²) in [7, 11) is 0. The van der Waals surface area contributed by atoms with E-state index < -0.39 is 0 Å². The standard InChI is InChI=1S/C18H16ClFN2O/c1-3-22-16-9-4-12(19)10-15(16)11(2)17(22)18(23)21-14-7-5-13(20)6-8-14/h4-10H,3H2,1-2H3,(H,21,23). The number of aryl methyl sites for hydroxylation is 2. The van der Waals surface area contributed by atoms with E-state index in [9.17, 15) is 9.18 Å². The number of hydrogen-bond donors (Lipinski definition) is 1. The molecule has 1 amide bonds. The van der Waals surface area contributed by atoms with Gasteiger partial charge in [0, 0.05) is 28.2 Å². The molecular formula is C18H16ClFN2O. The van der Waals surface area contributed by atoms with Crippen LogP contribution < -0.4 is 5.32 Å². The van der Waals surface area contributed by atoms with E-state index in [0.717, 1.165) is 16.5 Å². The van der Waals surface area contributed by atoms with E-state index in [1.165, 1.54) is 12.1 Å². The second kappa shape index (κ2) is 6.05. The topological polar surface area (TPSA) is 34.0 Å². The minimum atomic E-state index is -0.337. The second-order valence-corrected chi connectivity index (χ2v) is 5.78. The van der Waals surface area contributed by atoms with E-state index >= 15 is 0 Å². The lowest BCUT2D eigenvalue weighted by Crippen LogP contribution is -2.17. The monoisotopic (exact) mass is 330 g/mol. The van der Waals surface area contributed by atoms with Crippen LogP contribution in [0.3, 0.4) is 0 Å². The molecule has 0 saturated heterocycles. The first-order valence-electron chi connectivity index (χ1n) is 7.36. The first-order valence-corrected chi connectivity index (χ1v) is 7.74. The summed E-state index contributed by atoms with van der Waals surface area (Å²) >= 11 is 6.07. The summed E-state index contributed by atoms with van der Waals surface area (Å²) < 4.78 is 14.9. The average Bonchev–Trinajstić information content (AvgIpc) is 2.81. The zero-order chi connectivity index (χ0) is 16.6. The number of fused-ring (bicyclic) bond motifs is 1. The third kappa shape index (κ3) is 2.82. The van der Waals surface area contributed by atoms with Crippen LogP contribution in [-0.2, 0) is 6.54 Å². The summed E-state index contributed by atoms with van der Waals surface area (Å²) in [6, 6.07) is 11.3. The number of anilines is 1. The zero-order valence-electron chi connectivity index (χ0n) is 12.9. The Morgan fingerprint density at radius 1 is 1.22 bits per heavy atom. The fourth-order valence-corrected chi connectivity index (χ4v) is 3.01. The summed E-state index contributed by atoms with van der Waals surface area (Å²) in [6.45, 7) is 4.56. The predicted octanol–water partition coefficient (Wildman–Crippen LogP) is 5.01. The molecule has 118 valence electrons. The van der Waals surface area contributed by atoms with E-state index in [-0.39, 0.29) is 11.7 Å². The van der Waals surface area contributed by atoms with E-state index in [4.69, 9.17) is 11.6 Å². The number of benzene rings is 2. The van der Waals surface area contributed by atoms with Crippen LogP contribution in [0.4, 0.5) is 10.1 Å². The van der Waals surface area contributed by atoms with Crippen molar-refractivity contribution in [1.29, 1.82) is 0 Å². The van der Waals surface area contributed by atoms with Crippen molar-refractivity contribution in [2.24, 2.45) is 0 Å². The molecule has 0 aliphatic rings. The highest BCUT2D eigenvalue weighted by Crippen LogP contribution is 2.29. The summed E-state index contributed by atoms with van der Waals surface area (Å²) in [5.41, 5.74) is 3.00. The maximum atomic E-state index is 13.0. The van der Waals surface area contributed by atoms with Gasteiger partial charge in [-0.25, -0.2) is 4.39 Å². The molecule has 23 heavy (non-hydrogen) atoms. The largest absolute Gasteiger partial charge is 0.337 e. The van der Waals surface area contributed by atoms with Crippen molar-refractivity contribution in [3.63, 3.8) is 0 Å². The van der Waals surface area contributed by atoms with Crippen molar-refractivity contribution in [2.75, 3.05) is 5.32 Å². The van der Waals surface area contributed by atoms with E-state index in [2.05, 4.69) is 5.32 Å². The molecule has 0 bridgehead atoms. The van der Waals surface area contributed by atoms with Gasteiger partial charge in [-0.15, -0.1) is 0 Å². The van der Waals surface area contributed by atoms with Gasteiger partial charge in [0.1, 0.15) is 11.5 Å². The molecule has 1 aromatic heterocycles. The fraction of sp³-hybridized carbons (Fsp3) is 0.167. The molecule has 0 saturated carbocycles. The average molecular weight is 331 g/mol. The molecule has 3 rings (SSSR count). The number of nitrogens with one attached hydrogen (secondary N) is 1. The van der Waals surface area contributed by atoms with Crippen LogP contribution in [0.2, 0.25) is 5.02 Å². The van der Waals surface area contributed by atoms with Gasteiger partial charge >= 0.3 is 0 Å². The maximum Gasteiger partial charge on any atom is 0.272 e. The van der Waals surface area contributed by atoms with Gasteiger partial charge in [-0.2, -0.15) is 0 Å². The minimum absolute atomic E-state index is 0.219. The molecule has 0 atom stereocenters. The Morgan fingerprint density at radius 2 is 1.91 bits per heavy atom. The molecule has 0 aliphatic carbocycles. The van der Waals surface area contributed by atoms with Gasteiger partial charge in [0.15, 0.2) is 0 Å². The molecule has 0 aliphatic heterocycles. The van der Waals surface area contributed by atoms with Gasteiger partial charge < -0.3 is 9.88 Å². The molecule has 3 aromatic rings. The quantitative estimate of drug-likeness (QED) is 0.719. The Labute approximate surface area is 138 Å². The van der Waals surface area contributed by atoms with Crippen molar-refractivity contribution < 1.29 is 9.18 Å². The van der Waals surface area contributed by atoms with Gasteiger partial charge in [-0.3, -0.25) is 4.79 Å². The molecule has 2 aromatic carbocycles. The van der Waals surface area contributed by atoms with Gasteiger partial charge in [0.05, 0.1) is 0 Å². The number of nitrogens with zero attached hydrogens (tertiary/aromatic N) is 1. The van der Waals surface area contributed by atoms with Gasteiger partial charge in [0.25, 0.3) is 5.91 Å². The summed E-state index contributed by atoms with van der Waals surface area (Å²) in [4.78, 5) is 12.7. The van der Waals surface area contributed by atoms with Crippen molar-refractivity contribution in [1.82, 2.24) is 4.57 Å². The van der Waals surface area contributed by atoms with Crippen LogP contribution in [-0.4, -0.2) is 10.5 Å². The van der Waals surface area contributed by atoms with Crippen molar-refractivity contribution in [3.8, 4) is 0 Å². The molecule has 0 spiro atoms. The van der Waals surface area contributed by atoms with Gasteiger partial charge in [-0.1, -0.05) is 11.6 Å². The summed E-state index contributed by atoms with van der Waals surface area (Å²) in [5.74, 6) is -0.556. The van der Waals surface area contributed by atoms with Crippen molar-refractivity contribution in [2.45, 2.75) is 20.4 Å². The third-order valence-electron chi connectivity index (χ3n) is 3.91. The molecule has 1 heterocycles. The van der Waals surface area contributed by atoms with Crippen LogP contribution in [0.1, 0.15) is 23.0 Å². The Kier molecular flexibility index (Phi) is 4.09. The summed E-state index contributed by atoms with van der Waals surface area (Å²) in [5, 5.41) is 4.42. The number of hydrogen-bond acceptors (Lipinski definition) is 1. The first-order chi connectivity index (χ1) is 11.0. The lowest BCUT2D eigenvalue weighted by Gasteiger charge is -2.10. The van der Waals surface area contributed by atoms with Crippen molar-refractivity contribution in [3.05, 3.63) is 64.6 Å². The van der Waals surface area contributed by atoms with Crippen LogP contribution in [0.15, 0.2) is 42.5 Å². The second-order valence-electron chi connectivity index (χ2n) is 5.34. The minimum Gasteiger partial charge on any atom is -0.337 e. The van der Waals surface area contributed by atoms with Crippen LogP contribution in [0.5, 0.6) is 0 Å². The van der Waals surface area contributed by atoms with E-state index in [1.54, 1.807) is 12.1 Å². The molecule has 3 nitrogen and oxygen atoms in total. The Bertz CT molecular complexity index is 884. The first kappa shape index (κ1) is 15.6. The number of aromatic nitrogens is 1. The highest BCUT2D eigenvalue weighted by atomic mass is 35.5. The number of rotatable bonds is 3. The van der Waals surface area contributed by atoms with Gasteiger partial charge in [-0.05, 0) is 61.9 Å². The number of carbonyl (C=O) groups is 1. The third-order valence-corrected chi connectivity index (χ3v) is 4.15. The smallest absolute Gasteiger partial charge is 0.272 e. The highest BCUT2D eigenvalue weighted by molar-refractivity contribution is 6.31. The molecular weight excluding hydrogens is 315 g/mol. The predicted molar refractivity (Wildman–Crippen MR) is 91.7 cm³/mol. The molecule has 0 radical (unpaired) electrons. The van der Waals surface area contributed by atoms with E-state index in [1.807, 2.05) is 36.6 Å². The van der Waals surface area contributed by atoms with Gasteiger partial charge in [0.2, 0.25) is 0 Å². The normalized spacial score (nSPS) is 11.0. The lowest BCUT2D eigenvalue weighted by atomic mass is 10.1. The summed E-state index contributed by atoms with van der Waals surface area (Å²) in [6.07, 6.45) is 0. The Morgan fingerprint density at radius 3 is 2.57 bits per heavy atom. The van der Waals surface area contributed by atoms with Crippen LogP contribution >= 0.6 is 11.6 Å². The molecule has 0 unspecified atom stereocenters. The van der Waals surface area contributed by atoms with E-state index in [0.29, 0.717) is 22.9 Å². The fourth-order valence-electron chi connectivity index (χ4n) is 2.84. The SMILES string of the molecule is CCn1c(C(=O)Nc2ccc(F)cc2)c(C)c2cc(Cl)ccc21. The molecule has 1 N–H and O–H groups in total. The van der Waals surface area contributed by atoms with Crippen LogP contribution in [0, 0.1) is 12.7 Å². The highest BCUT2D eigenvalue weighted by Gasteiger charge is 2.19. The zero-order valence-corrected chi connectivity index (χ0v) is 13.6. The number of halogens is 2. The number of amides is 1. The Balaban J connectivity index is 2.06.